The smallest absolute Gasteiger partial charge is 0.262 e. The fourth-order valence-corrected chi connectivity index (χ4v) is 3.87. The molecule has 0 spiro atoms. The van der Waals surface area contributed by atoms with Crippen molar-refractivity contribution in [2.24, 2.45) is 0 Å². The normalized spacial score (nSPS) is 13.9. The number of hydrogen-bond acceptors (Lipinski definition) is 6. The molecule has 1 saturated heterocycles. The van der Waals surface area contributed by atoms with Gasteiger partial charge in [-0.1, -0.05) is 18.2 Å². The summed E-state index contributed by atoms with van der Waals surface area (Å²) >= 11 is 0. The number of rotatable bonds is 6. The van der Waals surface area contributed by atoms with Crippen LogP contribution in [0.3, 0.4) is 0 Å². The van der Waals surface area contributed by atoms with Crippen LogP contribution in [0.1, 0.15) is 12.2 Å². The van der Waals surface area contributed by atoms with Crippen LogP contribution >= 0.6 is 0 Å². The average Bonchev–Trinajstić information content (AvgIpc) is 3.29. The Morgan fingerprint density at radius 1 is 1.03 bits per heavy atom. The van der Waals surface area contributed by atoms with Gasteiger partial charge in [0.1, 0.15) is 11.2 Å². The zero-order valence-corrected chi connectivity index (χ0v) is 18.0. The third kappa shape index (κ3) is 4.63. The van der Waals surface area contributed by atoms with Crippen LogP contribution < -0.4 is 15.8 Å². The summed E-state index contributed by atoms with van der Waals surface area (Å²) in [6.07, 6.45) is 2.01. The van der Waals surface area contributed by atoms with Gasteiger partial charge in [-0.2, -0.15) is 5.10 Å². The number of fused-ring (bicyclic) bond motifs is 1. The molecule has 2 aromatic heterocycles. The number of aromatic amines is 1. The second kappa shape index (κ2) is 9.25. The third-order valence-corrected chi connectivity index (χ3v) is 5.60. The van der Waals surface area contributed by atoms with Crippen LogP contribution in [0.5, 0.6) is 0 Å². The lowest BCUT2D eigenvalue weighted by molar-refractivity contribution is -0.116. The molecule has 0 unspecified atom stereocenters. The predicted octanol–water partition coefficient (Wildman–Crippen LogP) is 2.52. The molecule has 9 nitrogen and oxygen atoms in total. The van der Waals surface area contributed by atoms with Gasteiger partial charge in [0.2, 0.25) is 5.91 Å². The largest absolute Gasteiger partial charge is 0.378 e. The highest BCUT2D eigenvalue weighted by molar-refractivity contribution is 5.91. The van der Waals surface area contributed by atoms with E-state index < -0.39 is 0 Å². The number of H-pyrrole nitrogens is 1. The number of carbonyl (C=O) groups excluding carboxylic acids is 1. The van der Waals surface area contributed by atoms with Gasteiger partial charge in [0.05, 0.1) is 25.1 Å². The van der Waals surface area contributed by atoms with Gasteiger partial charge in [-0.05, 0) is 36.4 Å². The minimum Gasteiger partial charge on any atom is -0.378 e. The van der Waals surface area contributed by atoms with Crippen molar-refractivity contribution in [1.29, 1.82) is 0 Å². The van der Waals surface area contributed by atoms with E-state index in [1.807, 2.05) is 54.6 Å². The quantitative estimate of drug-likeness (QED) is 0.474. The van der Waals surface area contributed by atoms with Crippen molar-refractivity contribution in [3.05, 3.63) is 77.0 Å². The number of aryl methyl sites for hydroxylation is 1. The van der Waals surface area contributed by atoms with E-state index in [1.165, 1.54) is 6.20 Å². The number of ether oxygens (including phenoxy) is 1. The highest BCUT2D eigenvalue weighted by Gasteiger charge is 2.14. The number of amides is 1. The van der Waals surface area contributed by atoms with Gasteiger partial charge in [-0.15, -0.1) is 0 Å². The molecule has 33 heavy (non-hydrogen) atoms. The van der Waals surface area contributed by atoms with E-state index in [0.717, 1.165) is 43.4 Å². The Labute approximate surface area is 190 Å². The molecule has 1 aliphatic rings. The maximum atomic E-state index is 12.5. The molecule has 9 heteroatoms. The molecule has 5 rings (SSSR count). The maximum Gasteiger partial charge on any atom is 0.262 e. The van der Waals surface area contributed by atoms with Gasteiger partial charge < -0.3 is 19.9 Å². The number of carbonyl (C=O) groups is 1. The zero-order chi connectivity index (χ0) is 22.6. The van der Waals surface area contributed by atoms with Crippen molar-refractivity contribution >= 4 is 28.3 Å². The molecule has 3 heterocycles. The maximum absolute atomic E-state index is 12.5. The molecule has 0 radical (unpaired) electrons. The SMILES string of the molecule is O=C(CCc1nc2c(cnn2-c2ccccc2)c(=O)[nH]1)Nc1ccc(N2CCOCC2)cc1. The minimum atomic E-state index is -0.267. The zero-order valence-electron chi connectivity index (χ0n) is 18.0. The first-order chi connectivity index (χ1) is 16.2. The number of para-hydroxylation sites is 1. The van der Waals surface area contributed by atoms with Crippen LogP contribution in [0.2, 0.25) is 0 Å². The van der Waals surface area contributed by atoms with Crippen molar-refractivity contribution < 1.29 is 9.53 Å². The van der Waals surface area contributed by atoms with E-state index >= 15 is 0 Å². The third-order valence-electron chi connectivity index (χ3n) is 5.60. The van der Waals surface area contributed by atoms with Crippen LogP contribution in [0, 0.1) is 0 Å². The Balaban J connectivity index is 1.25. The van der Waals surface area contributed by atoms with Gasteiger partial charge in [0.25, 0.3) is 5.56 Å². The Bertz CT molecular complexity index is 1310. The van der Waals surface area contributed by atoms with Crippen LogP contribution in [-0.2, 0) is 16.0 Å². The lowest BCUT2D eigenvalue weighted by Crippen LogP contribution is -2.36. The van der Waals surface area contributed by atoms with E-state index in [1.54, 1.807) is 4.68 Å². The summed E-state index contributed by atoms with van der Waals surface area (Å²) in [7, 11) is 0. The number of benzene rings is 2. The highest BCUT2D eigenvalue weighted by Crippen LogP contribution is 2.19. The van der Waals surface area contributed by atoms with Crippen molar-refractivity contribution in [3.8, 4) is 5.69 Å². The molecule has 0 bridgehead atoms. The lowest BCUT2D eigenvalue weighted by Gasteiger charge is -2.28. The first-order valence-corrected chi connectivity index (χ1v) is 10.9. The Hall–Kier alpha value is -3.98. The van der Waals surface area contributed by atoms with Gasteiger partial charge in [0.15, 0.2) is 5.65 Å². The van der Waals surface area contributed by atoms with Crippen LogP contribution in [0.15, 0.2) is 65.6 Å². The average molecular weight is 444 g/mol. The molecular formula is C24H24N6O3. The number of morpholine rings is 1. The molecule has 0 saturated carbocycles. The second-order valence-electron chi connectivity index (χ2n) is 7.84. The van der Waals surface area contributed by atoms with Crippen LogP contribution in [0.4, 0.5) is 11.4 Å². The predicted molar refractivity (Wildman–Crippen MR) is 126 cm³/mol. The Morgan fingerprint density at radius 2 is 1.79 bits per heavy atom. The summed E-state index contributed by atoms with van der Waals surface area (Å²) in [4.78, 5) is 34.5. The Kier molecular flexibility index (Phi) is 5.86. The van der Waals surface area contributed by atoms with E-state index in [4.69, 9.17) is 4.74 Å². The number of nitrogens with zero attached hydrogens (tertiary/aromatic N) is 4. The topological polar surface area (TPSA) is 105 Å². The summed E-state index contributed by atoms with van der Waals surface area (Å²) < 4.78 is 7.01. The molecular weight excluding hydrogens is 420 g/mol. The Morgan fingerprint density at radius 3 is 2.55 bits per heavy atom. The molecule has 2 N–H and O–H groups in total. The molecule has 1 fully saturated rings. The summed E-state index contributed by atoms with van der Waals surface area (Å²) in [5.41, 5.74) is 2.86. The molecule has 1 aliphatic heterocycles. The number of anilines is 2. The van der Waals surface area contributed by atoms with Crippen molar-refractivity contribution in [3.63, 3.8) is 0 Å². The van der Waals surface area contributed by atoms with Crippen LogP contribution in [-0.4, -0.2) is 52.0 Å². The van der Waals surface area contributed by atoms with E-state index in [9.17, 15) is 9.59 Å². The van der Waals surface area contributed by atoms with Gasteiger partial charge >= 0.3 is 0 Å². The summed E-state index contributed by atoms with van der Waals surface area (Å²) in [6, 6.07) is 17.3. The molecule has 0 atom stereocenters. The number of hydrogen-bond donors (Lipinski definition) is 2. The second-order valence-corrected chi connectivity index (χ2v) is 7.84. The van der Waals surface area contributed by atoms with Gasteiger partial charge in [-0.3, -0.25) is 9.59 Å². The van der Waals surface area contributed by atoms with Crippen molar-refractivity contribution in [1.82, 2.24) is 19.7 Å². The van der Waals surface area contributed by atoms with Gasteiger partial charge in [0, 0.05) is 37.3 Å². The molecule has 2 aromatic carbocycles. The van der Waals surface area contributed by atoms with Gasteiger partial charge in [-0.25, -0.2) is 9.67 Å². The molecule has 1 amide bonds. The van der Waals surface area contributed by atoms with Crippen molar-refractivity contribution in [2.75, 3.05) is 36.5 Å². The number of nitrogens with one attached hydrogen (secondary N) is 2. The monoisotopic (exact) mass is 444 g/mol. The van der Waals surface area contributed by atoms with Crippen molar-refractivity contribution in [2.45, 2.75) is 12.8 Å². The van der Waals surface area contributed by atoms with E-state index in [0.29, 0.717) is 23.3 Å². The fourth-order valence-electron chi connectivity index (χ4n) is 3.87. The fraction of sp³-hybridized carbons (Fsp3) is 0.250. The summed E-state index contributed by atoms with van der Waals surface area (Å²) in [6.45, 7) is 3.19. The first-order valence-electron chi connectivity index (χ1n) is 10.9. The molecule has 0 aliphatic carbocycles. The molecule has 4 aromatic rings. The van der Waals surface area contributed by atoms with Crippen LogP contribution in [0.25, 0.3) is 16.7 Å². The minimum absolute atomic E-state index is 0.145. The van der Waals surface area contributed by atoms with E-state index in [-0.39, 0.29) is 17.9 Å². The lowest BCUT2D eigenvalue weighted by atomic mass is 10.2. The molecule has 168 valence electrons. The standard InChI is InChI=1S/C24H24N6O3/c31-22(26-17-6-8-18(9-7-17)29-12-14-33-15-13-29)11-10-21-27-23-20(24(32)28-21)16-25-30(23)19-4-2-1-3-5-19/h1-9,16H,10-15H2,(H,26,31)(H,27,28,32). The summed E-state index contributed by atoms with van der Waals surface area (Å²) in [5.74, 6) is 0.302. The first kappa shape index (κ1) is 20.9. The highest BCUT2D eigenvalue weighted by atomic mass is 16.5. The van der Waals surface area contributed by atoms with E-state index in [2.05, 4.69) is 25.3 Å². The number of aromatic nitrogens is 4. The summed E-state index contributed by atoms with van der Waals surface area (Å²) in [5, 5.41) is 7.62.